The molecule has 1 atom stereocenters. The van der Waals surface area contributed by atoms with Gasteiger partial charge in [0.2, 0.25) is 0 Å². The Bertz CT molecular complexity index is 924. The molecule has 0 unspecified atom stereocenters. The molecule has 0 aliphatic carbocycles. The van der Waals surface area contributed by atoms with Gasteiger partial charge in [-0.25, -0.2) is 4.79 Å². The topological polar surface area (TPSA) is 66.6 Å². The quantitative estimate of drug-likeness (QED) is 0.582. The summed E-state index contributed by atoms with van der Waals surface area (Å²) in [7, 11) is 5.15. The van der Waals surface area contributed by atoms with Crippen molar-refractivity contribution in [2.75, 3.05) is 34.4 Å². The highest BCUT2D eigenvalue weighted by molar-refractivity contribution is 5.89. The summed E-state index contributed by atoms with van der Waals surface area (Å²) in [6.45, 7) is 1.03. The molecule has 0 fully saturated rings. The van der Waals surface area contributed by atoms with Crippen molar-refractivity contribution in [1.29, 1.82) is 0 Å². The average molecular weight is 396 g/mol. The van der Waals surface area contributed by atoms with E-state index in [1.807, 2.05) is 49.6 Å². The van der Waals surface area contributed by atoms with Crippen LogP contribution in [0.4, 0.5) is 4.79 Å². The summed E-state index contributed by atoms with van der Waals surface area (Å²) in [5.74, 6) is 0.838. The summed E-state index contributed by atoms with van der Waals surface area (Å²) in [5.41, 5.74) is 3.34. The Labute approximate surface area is 171 Å². The number of hydrogen-bond acceptors (Lipinski definition) is 3. The summed E-state index contributed by atoms with van der Waals surface area (Å²) >= 11 is 0. The molecule has 2 N–H and O–H groups in total. The second-order valence-electron chi connectivity index (χ2n) is 7.09. The summed E-state index contributed by atoms with van der Waals surface area (Å²) in [6.07, 6.45) is 3.44. The zero-order chi connectivity index (χ0) is 20.6. The van der Waals surface area contributed by atoms with Crippen LogP contribution in [0, 0.1) is 0 Å². The van der Waals surface area contributed by atoms with Crippen LogP contribution in [0.3, 0.4) is 0 Å². The lowest BCUT2D eigenvalue weighted by molar-refractivity contribution is 0.115. The molecule has 6 heteroatoms. The van der Waals surface area contributed by atoms with E-state index in [2.05, 4.69) is 22.4 Å². The number of aromatic nitrogens is 1. The number of methoxy groups -OCH3 is 2. The Hall–Kier alpha value is -2.99. The number of benzene rings is 2. The van der Waals surface area contributed by atoms with E-state index in [4.69, 9.17) is 9.47 Å². The van der Waals surface area contributed by atoms with E-state index < -0.39 is 0 Å². The molecule has 0 aliphatic rings. The lowest BCUT2D eigenvalue weighted by Crippen LogP contribution is -2.47. The molecule has 1 heterocycles. The highest BCUT2D eigenvalue weighted by atomic mass is 16.5. The van der Waals surface area contributed by atoms with E-state index in [1.165, 1.54) is 5.56 Å². The van der Waals surface area contributed by atoms with Crippen LogP contribution in [-0.2, 0) is 17.6 Å². The molecule has 2 aromatic carbocycles. The number of likely N-dealkylation sites (N-methyl/N-ethyl adjacent to an activating group) is 1. The van der Waals surface area contributed by atoms with Gasteiger partial charge in [-0.15, -0.1) is 0 Å². The van der Waals surface area contributed by atoms with Crippen molar-refractivity contribution in [2.45, 2.75) is 18.9 Å². The predicted molar refractivity (Wildman–Crippen MR) is 116 cm³/mol. The van der Waals surface area contributed by atoms with Crippen LogP contribution < -0.4 is 10.1 Å². The second-order valence-corrected chi connectivity index (χ2v) is 7.09. The Morgan fingerprint density at radius 2 is 1.93 bits per heavy atom. The van der Waals surface area contributed by atoms with Gasteiger partial charge in [-0.2, -0.15) is 0 Å². The van der Waals surface area contributed by atoms with E-state index in [9.17, 15) is 4.79 Å². The van der Waals surface area contributed by atoms with Crippen LogP contribution in [-0.4, -0.2) is 56.4 Å². The fourth-order valence-electron chi connectivity index (χ4n) is 3.57. The molecular weight excluding hydrogens is 366 g/mol. The maximum Gasteiger partial charge on any atom is 0.317 e. The monoisotopic (exact) mass is 395 g/mol. The molecule has 3 rings (SSSR count). The minimum absolute atomic E-state index is 0.0319. The Morgan fingerprint density at radius 1 is 1.14 bits per heavy atom. The fourth-order valence-corrected chi connectivity index (χ4v) is 3.57. The summed E-state index contributed by atoms with van der Waals surface area (Å²) in [5, 5.41) is 4.09. The summed E-state index contributed by atoms with van der Waals surface area (Å²) < 4.78 is 10.8. The number of rotatable bonds is 9. The predicted octanol–water partition coefficient (Wildman–Crippen LogP) is 3.62. The van der Waals surface area contributed by atoms with Crippen LogP contribution in [0.2, 0.25) is 0 Å². The van der Waals surface area contributed by atoms with E-state index in [0.29, 0.717) is 19.6 Å². The van der Waals surface area contributed by atoms with Crippen LogP contribution >= 0.6 is 0 Å². The number of urea groups is 1. The maximum absolute atomic E-state index is 12.7. The van der Waals surface area contributed by atoms with Gasteiger partial charge in [-0.3, -0.25) is 0 Å². The first-order valence-corrected chi connectivity index (χ1v) is 9.80. The minimum atomic E-state index is -0.102. The third-order valence-electron chi connectivity index (χ3n) is 5.18. The van der Waals surface area contributed by atoms with Gasteiger partial charge < -0.3 is 24.7 Å². The Kier molecular flexibility index (Phi) is 7.14. The molecule has 0 radical (unpaired) electrons. The van der Waals surface area contributed by atoms with E-state index in [0.717, 1.165) is 28.6 Å². The lowest BCUT2D eigenvalue weighted by Gasteiger charge is -2.28. The van der Waals surface area contributed by atoms with Gasteiger partial charge in [-0.05, 0) is 36.1 Å². The Balaban J connectivity index is 1.59. The number of nitrogens with zero attached hydrogens (tertiary/aromatic N) is 1. The van der Waals surface area contributed by atoms with E-state index >= 15 is 0 Å². The van der Waals surface area contributed by atoms with Gasteiger partial charge in [0.1, 0.15) is 5.75 Å². The number of fused-ring (bicyclic) bond motifs is 1. The van der Waals surface area contributed by atoms with Crippen LogP contribution in [0.5, 0.6) is 5.75 Å². The van der Waals surface area contributed by atoms with Crippen molar-refractivity contribution in [3.05, 3.63) is 65.9 Å². The van der Waals surface area contributed by atoms with Crippen LogP contribution in [0.1, 0.15) is 11.1 Å². The molecule has 0 spiro atoms. The van der Waals surface area contributed by atoms with Gasteiger partial charge >= 0.3 is 6.03 Å². The smallest absolute Gasteiger partial charge is 0.317 e. The van der Waals surface area contributed by atoms with Gasteiger partial charge in [0, 0.05) is 37.8 Å². The van der Waals surface area contributed by atoms with Crippen molar-refractivity contribution >= 4 is 16.9 Å². The number of H-pyrrole nitrogens is 1. The van der Waals surface area contributed by atoms with Crippen molar-refractivity contribution in [2.24, 2.45) is 0 Å². The molecule has 3 aromatic rings. The van der Waals surface area contributed by atoms with Crippen molar-refractivity contribution < 1.29 is 14.3 Å². The zero-order valence-corrected chi connectivity index (χ0v) is 17.3. The number of ether oxygens (including phenoxy) is 2. The molecule has 0 saturated carbocycles. The van der Waals surface area contributed by atoms with Gasteiger partial charge in [0.15, 0.2) is 0 Å². The van der Waals surface area contributed by atoms with Gasteiger partial charge in [0.25, 0.3) is 0 Å². The van der Waals surface area contributed by atoms with Crippen LogP contribution in [0.15, 0.2) is 54.7 Å². The lowest BCUT2D eigenvalue weighted by atomic mass is 10.1. The number of nitrogens with one attached hydrogen (secondary N) is 2. The number of aromatic amines is 1. The normalized spacial score (nSPS) is 12.0. The van der Waals surface area contributed by atoms with Crippen molar-refractivity contribution in [3.63, 3.8) is 0 Å². The first-order valence-electron chi connectivity index (χ1n) is 9.80. The van der Waals surface area contributed by atoms with Crippen LogP contribution in [0.25, 0.3) is 10.9 Å². The molecule has 0 saturated heterocycles. The molecule has 1 aromatic heterocycles. The summed E-state index contributed by atoms with van der Waals surface area (Å²) in [4.78, 5) is 17.7. The number of carbonyl (C=O) groups is 1. The zero-order valence-electron chi connectivity index (χ0n) is 17.3. The molecule has 154 valence electrons. The molecule has 0 bridgehead atoms. The second kappa shape index (κ2) is 9.98. The molecule has 29 heavy (non-hydrogen) atoms. The molecule has 0 aliphatic heterocycles. The summed E-state index contributed by atoms with van der Waals surface area (Å²) in [6, 6.07) is 15.9. The Morgan fingerprint density at radius 3 is 2.66 bits per heavy atom. The fraction of sp³-hybridized carbons (Fsp3) is 0.348. The third-order valence-corrected chi connectivity index (χ3v) is 5.18. The SMILES string of the molecule is COC[C@@H](Cc1ccccc1)N(C)C(=O)NCCc1c[nH]c2cccc(OC)c12. The van der Waals surface area contributed by atoms with Crippen molar-refractivity contribution in [1.82, 2.24) is 15.2 Å². The minimum Gasteiger partial charge on any atom is -0.496 e. The standard InChI is InChI=1S/C23H29N3O3/c1-26(19(16-28-2)14-17-8-5-4-6-9-17)23(27)24-13-12-18-15-25-20-10-7-11-21(29-3)22(18)20/h4-11,15,19,25H,12-14,16H2,1-3H3,(H,24,27)/t19-/m1/s1. The van der Waals surface area contributed by atoms with Gasteiger partial charge in [-0.1, -0.05) is 36.4 Å². The average Bonchev–Trinajstić information content (AvgIpc) is 3.17. The van der Waals surface area contributed by atoms with Gasteiger partial charge in [0.05, 0.1) is 19.8 Å². The number of amides is 2. The number of hydrogen-bond donors (Lipinski definition) is 2. The first-order chi connectivity index (χ1) is 14.1. The van der Waals surface area contributed by atoms with E-state index in [-0.39, 0.29) is 12.1 Å². The molecule has 2 amide bonds. The molecule has 6 nitrogen and oxygen atoms in total. The third kappa shape index (κ3) is 5.09. The largest absolute Gasteiger partial charge is 0.496 e. The number of carbonyl (C=O) groups excluding carboxylic acids is 1. The molecular formula is C23H29N3O3. The highest BCUT2D eigenvalue weighted by Gasteiger charge is 2.20. The first kappa shape index (κ1) is 20.7. The highest BCUT2D eigenvalue weighted by Crippen LogP contribution is 2.28. The maximum atomic E-state index is 12.7. The van der Waals surface area contributed by atoms with E-state index in [1.54, 1.807) is 19.1 Å². The van der Waals surface area contributed by atoms with Crippen molar-refractivity contribution in [3.8, 4) is 5.75 Å².